The van der Waals surface area contributed by atoms with Crippen LogP contribution in [0.3, 0.4) is 0 Å². The Labute approximate surface area is 135 Å². The molecule has 1 saturated heterocycles. The number of hydrogen-bond acceptors (Lipinski definition) is 4. The van der Waals surface area contributed by atoms with Gasteiger partial charge in [-0.3, -0.25) is 4.99 Å². The first kappa shape index (κ1) is 19.2. The molecule has 0 spiro atoms. The average Bonchev–Trinajstić information content (AvgIpc) is 2.54. The van der Waals surface area contributed by atoms with Gasteiger partial charge in [-0.05, 0) is 45.7 Å². The Balaban J connectivity index is 2.22. The predicted octanol–water partition coefficient (Wildman–Crippen LogP) is 0.935. The number of ether oxygens (including phenoxy) is 2. The Bertz CT molecular complexity index is 326. The first-order valence-corrected chi connectivity index (χ1v) is 8.21. The molecule has 0 atom stereocenters. The van der Waals surface area contributed by atoms with E-state index >= 15 is 0 Å². The van der Waals surface area contributed by atoms with Gasteiger partial charge in [-0.2, -0.15) is 0 Å². The molecule has 0 bridgehead atoms. The van der Waals surface area contributed by atoms with Crippen molar-refractivity contribution in [1.82, 2.24) is 15.5 Å². The molecule has 0 radical (unpaired) electrons. The molecule has 130 valence electrons. The summed E-state index contributed by atoms with van der Waals surface area (Å²) in [5.41, 5.74) is -0.190. The summed E-state index contributed by atoms with van der Waals surface area (Å²) in [7, 11) is 5.30. The number of rotatable bonds is 8. The van der Waals surface area contributed by atoms with E-state index in [1.165, 1.54) is 25.9 Å². The zero-order valence-electron chi connectivity index (χ0n) is 14.9. The topological polar surface area (TPSA) is 58.1 Å². The van der Waals surface area contributed by atoms with Crippen LogP contribution in [0.2, 0.25) is 0 Å². The lowest BCUT2D eigenvalue weighted by Crippen LogP contribution is -2.47. The van der Waals surface area contributed by atoms with Crippen molar-refractivity contribution in [1.29, 1.82) is 0 Å². The first-order valence-electron chi connectivity index (χ1n) is 8.21. The molecule has 1 aliphatic heterocycles. The van der Waals surface area contributed by atoms with E-state index in [1.807, 2.05) is 7.05 Å². The van der Waals surface area contributed by atoms with E-state index in [2.05, 4.69) is 34.4 Å². The summed E-state index contributed by atoms with van der Waals surface area (Å²) in [4.78, 5) is 6.76. The summed E-state index contributed by atoms with van der Waals surface area (Å²) >= 11 is 0. The second kappa shape index (κ2) is 10.0. The molecule has 1 rings (SSSR count). The average molecular weight is 314 g/mol. The van der Waals surface area contributed by atoms with Gasteiger partial charge >= 0.3 is 0 Å². The van der Waals surface area contributed by atoms with Crippen molar-refractivity contribution < 1.29 is 9.47 Å². The molecule has 6 heteroatoms. The number of nitrogens with zero attached hydrogens (tertiary/aromatic N) is 2. The van der Waals surface area contributed by atoms with Crippen molar-refractivity contribution in [3.8, 4) is 0 Å². The molecule has 0 aromatic carbocycles. The Morgan fingerprint density at radius 2 is 1.91 bits per heavy atom. The van der Waals surface area contributed by atoms with Gasteiger partial charge in [-0.15, -0.1) is 0 Å². The fraction of sp³-hybridized carbons (Fsp3) is 0.938. The second-order valence-corrected chi connectivity index (χ2v) is 6.55. The van der Waals surface area contributed by atoms with Gasteiger partial charge in [0.05, 0.1) is 12.2 Å². The Kier molecular flexibility index (Phi) is 8.75. The van der Waals surface area contributed by atoms with Crippen molar-refractivity contribution >= 4 is 5.96 Å². The van der Waals surface area contributed by atoms with Gasteiger partial charge in [0.15, 0.2) is 5.96 Å². The fourth-order valence-corrected chi connectivity index (χ4v) is 2.46. The molecule has 0 unspecified atom stereocenters. The lowest BCUT2D eigenvalue weighted by atomic mass is 9.97. The molecular formula is C16H34N4O2. The molecule has 0 aliphatic carbocycles. The van der Waals surface area contributed by atoms with Crippen molar-refractivity contribution in [2.24, 2.45) is 10.9 Å². The third-order valence-electron chi connectivity index (χ3n) is 4.33. The van der Waals surface area contributed by atoms with Crippen molar-refractivity contribution in [3.05, 3.63) is 0 Å². The van der Waals surface area contributed by atoms with E-state index in [0.29, 0.717) is 5.92 Å². The van der Waals surface area contributed by atoms with E-state index in [-0.39, 0.29) is 5.60 Å². The number of likely N-dealkylation sites (tertiary alicyclic amines) is 1. The molecule has 1 fully saturated rings. The highest BCUT2D eigenvalue weighted by molar-refractivity contribution is 5.79. The number of piperidine rings is 1. The van der Waals surface area contributed by atoms with Gasteiger partial charge in [0.1, 0.15) is 0 Å². The molecule has 0 amide bonds. The van der Waals surface area contributed by atoms with Crippen LogP contribution in [0.4, 0.5) is 0 Å². The van der Waals surface area contributed by atoms with Gasteiger partial charge in [-0.25, -0.2) is 0 Å². The minimum Gasteiger partial charge on any atom is -0.383 e. The van der Waals surface area contributed by atoms with Crippen LogP contribution in [0.1, 0.15) is 26.7 Å². The van der Waals surface area contributed by atoms with Crippen LogP contribution in [0.25, 0.3) is 0 Å². The van der Waals surface area contributed by atoms with Crippen LogP contribution in [0, 0.1) is 5.92 Å². The van der Waals surface area contributed by atoms with E-state index in [0.717, 1.165) is 32.2 Å². The van der Waals surface area contributed by atoms with Crippen molar-refractivity contribution in [2.45, 2.75) is 32.3 Å². The standard InChI is InChI=1S/C16H34N4O2/c1-16(2,22-5)13-19-15(17-3)18-12-14-6-8-20(9-7-14)10-11-21-4/h14H,6-13H2,1-5H3,(H2,17,18,19). The molecule has 6 nitrogen and oxygen atoms in total. The van der Waals surface area contributed by atoms with Gasteiger partial charge in [0, 0.05) is 40.9 Å². The zero-order chi connectivity index (χ0) is 16.4. The monoisotopic (exact) mass is 314 g/mol. The Morgan fingerprint density at radius 1 is 1.23 bits per heavy atom. The largest absolute Gasteiger partial charge is 0.383 e. The van der Waals surface area contributed by atoms with Crippen LogP contribution >= 0.6 is 0 Å². The Hall–Kier alpha value is -0.850. The van der Waals surface area contributed by atoms with E-state index in [4.69, 9.17) is 9.47 Å². The smallest absolute Gasteiger partial charge is 0.191 e. The molecular weight excluding hydrogens is 280 g/mol. The highest BCUT2D eigenvalue weighted by Gasteiger charge is 2.20. The van der Waals surface area contributed by atoms with Gasteiger partial charge in [0.2, 0.25) is 0 Å². The fourth-order valence-electron chi connectivity index (χ4n) is 2.46. The zero-order valence-corrected chi connectivity index (χ0v) is 14.9. The molecule has 0 aromatic rings. The third kappa shape index (κ3) is 7.42. The van der Waals surface area contributed by atoms with Crippen LogP contribution in [-0.2, 0) is 9.47 Å². The summed E-state index contributed by atoms with van der Waals surface area (Å²) in [5.74, 6) is 1.57. The number of guanidine groups is 1. The lowest BCUT2D eigenvalue weighted by molar-refractivity contribution is 0.0268. The van der Waals surface area contributed by atoms with Gasteiger partial charge in [0.25, 0.3) is 0 Å². The minimum atomic E-state index is -0.190. The summed E-state index contributed by atoms with van der Waals surface area (Å²) in [6, 6.07) is 0. The van der Waals surface area contributed by atoms with Crippen LogP contribution in [0.15, 0.2) is 4.99 Å². The summed E-state index contributed by atoms with van der Waals surface area (Å²) in [6.07, 6.45) is 2.47. The highest BCUT2D eigenvalue weighted by atomic mass is 16.5. The number of nitrogens with one attached hydrogen (secondary N) is 2. The maximum Gasteiger partial charge on any atom is 0.191 e. The maximum absolute atomic E-state index is 5.41. The van der Waals surface area contributed by atoms with Gasteiger partial charge < -0.3 is 25.0 Å². The van der Waals surface area contributed by atoms with Gasteiger partial charge in [-0.1, -0.05) is 0 Å². The Morgan fingerprint density at radius 3 is 2.45 bits per heavy atom. The minimum absolute atomic E-state index is 0.190. The molecule has 1 aliphatic rings. The van der Waals surface area contributed by atoms with Crippen LogP contribution in [0.5, 0.6) is 0 Å². The van der Waals surface area contributed by atoms with Crippen molar-refractivity contribution in [2.75, 3.05) is 60.6 Å². The van der Waals surface area contributed by atoms with Crippen molar-refractivity contribution in [3.63, 3.8) is 0 Å². The molecule has 22 heavy (non-hydrogen) atoms. The highest BCUT2D eigenvalue weighted by Crippen LogP contribution is 2.15. The SMILES string of the molecule is CN=C(NCC1CCN(CCOC)CC1)NCC(C)(C)OC. The molecule has 2 N–H and O–H groups in total. The third-order valence-corrected chi connectivity index (χ3v) is 4.33. The predicted molar refractivity (Wildman–Crippen MR) is 91.5 cm³/mol. The molecule has 1 heterocycles. The number of hydrogen-bond donors (Lipinski definition) is 2. The quantitative estimate of drug-likeness (QED) is 0.516. The molecule has 0 aromatic heterocycles. The van der Waals surface area contributed by atoms with Crippen LogP contribution in [-0.4, -0.2) is 77.1 Å². The summed E-state index contributed by atoms with van der Waals surface area (Å²) < 4.78 is 10.6. The normalized spacial score (nSPS) is 18.5. The second-order valence-electron chi connectivity index (χ2n) is 6.55. The number of aliphatic imine (C=N–C) groups is 1. The van der Waals surface area contributed by atoms with E-state index < -0.39 is 0 Å². The number of methoxy groups -OCH3 is 2. The summed E-state index contributed by atoms with van der Waals surface area (Å²) in [5, 5.41) is 6.76. The maximum atomic E-state index is 5.41. The van der Waals surface area contributed by atoms with Crippen LogP contribution < -0.4 is 10.6 Å². The summed E-state index contributed by atoms with van der Waals surface area (Å²) in [6.45, 7) is 10.0. The van der Waals surface area contributed by atoms with E-state index in [9.17, 15) is 0 Å². The lowest BCUT2D eigenvalue weighted by Gasteiger charge is -2.32. The van der Waals surface area contributed by atoms with E-state index in [1.54, 1.807) is 14.2 Å². The molecule has 0 saturated carbocycles. The first-order chi connectivity index (χ1) is 10.5.